The molecule has 0 aromatic rings. The highest BCUT2D eigenvalue weighted by atomic mass is 16.2. The number of nitrogens with one attached hydrogen (secondary N) is 1. The number of fused-ring (bicyclic) bond motifs is 1. The molecule has 3 fully saturated rings. The molecule has 3 rings (SSSR count). The molecule has 3 atom stereocenters. The number of imide groups is 1. The van der Waals surface area contributed by atoms with E-state index < -0.39 is 0 Å². The molecule has 3 amide bonds. The van der Waals surface area contributed by atoms with Crippen LogP contribution in [0.1, 0.15) is 32.6 Å². The molecular formula is C18H30N4O3. The number of likely N-dealkylation sites (tertiary alicyclic amines) is 2. The second-order valence-corrected chi connectivity index (χ2v) is 7.93. The van der Waals surface area contributed by atoms with E-state index in [1.54, 1.807) is 0 Å². The van der Waals surface area contributed by atoms with E-state index in [9.17, 15) is 14.4 Å². The third kappa shape index (κ3) is 3.87. The molecule has 0 spiro atoms. The van der Waals surface area contributed by atoms with Crippen molar-refractivity contribution in [2.24, 2.45) is 11.8 Å². The zero-order valence-corrected chi connectivity index (χ0v) is 15.5. The minimum atomic E-state index is -0.282. The van der Waals surface area contributed by atoms with Crippen molar-refractivity contribution >= 4 is 17.7 Å². The Morgan fingerprint density at radius 3 is 2.60 bits per heavy atom. The van der Waals surface area contributed by atoms with Crippen LogP contribution in [-0.4, -0.2) is 84.8 Å². The van der Waals surface area contributed by atoms with Gasteiger partial charge in [-0.25, -0.2) is 4.79 Å². The fourth-order valence-electron chi connectivity index (χ4n) is 4.66. The molecule has 2 heterocycles. The quantitative estimate of drug-likeness (QED) is 0.805. The van der Waals surface area contributed by atoms with Crippen LogP contribution in [0.4, 0.5) is 4.79 Å². The molecule has 0 bridgehead atoms. The lowest BCUT2D eigenvalue weighted by Crippen LogP contribution is -2.61. The molecule has 25 heavy (non-hydrogen) atoms. The second kappa shape index (κ2) is 7.41. The van der Waals surface area contributed by atoms with E-state index in [0.717, 1.165) is 25.9 Å². The number of carbonyl (C=O) groups excluding carboxylic acids is 3. The molecule has 1 N–H and O–H groups in total. The van der Waals surface area contributed by atoms with Crippen LogP contribution in [-0.2, 0) is 9.59 Å². The SMILES string of the molecule is CCN(C(=O)NC1CN(C)C1)C(=O)[C@@H]1C[C@@H]2CC(=O)CC[C@H]2N(C)C1. The lowest BCUT2D eigenvalue weighted by molar-refractivity contribution is -0.138. The van der Waals surface area contributed by atoms with Gasteiger partial charge in [-0.1, -0.05) is 0 Å². The number of amides is 3. The van der Waals surface area contributed by atoms with Gasteiger partial charge in [0.1, 0.15) is 5.78 Å². The summed E-state index contributed by atoms with van der Waals surface area (Å²) < 4.78 is 0. The van der Waals surface area contributed by atoms with E-state index in [-0.39, 0.29) is 29.8 Å². The number of nitrogens with zero attached hydrogens (tertiary/aromatic N) is 3. The number of rotatable bonds is 3. The molecule has 140 valence electrons. The molecule has 0 aromatic heterocycles. The molecule has 2 aliphatic heterocycles. The maximum absolute atomic E-state index is 13.0. The Morgan fingerprint density at radius 1 is 1.24 bits per heavy atom. The summed E-state index contributed by atoms with van der Waals surface area (Å²) in [4.78, 5) is 43.0. The average molecular weight is 350 g/mol. The molecule has 0 radical (unpaired) electrons. The van der Waals surface area contributed by atoms with E-state index in [1.165, 1.54) is 4.90 Å². The van der Waals surface area contributed by atoms with Crippen molar-refractivity contribution in [2.75, 3.05) is 40.3 Å². The lowest BCUT2D eigenvalue weighted by Gasteiger charge is -2.45. The minimum absolute atomic E-state index is 0.101. The smallest absolute Gasteiger partial charge is 0.324 e. The molecule has 7 heteroatoms. The Labute approximate surface area is 149 Å². The van der Waals surface area contributed by atoms with Gasteiger partial charge in [0.2, 0.25) is 5.91 Å². The first-order chi connectivity index (χ1) is 11.9. The number of hydrogen-bond donors (Lipinski definition) is 1. The van der Waals surface area contributed by atoms with E-state index in [0.29, 0.717) is 37.8 Å². The summed E-state index contributed by atoms with van der Waals surface area (Å²) in [5, 5.41) is 2.95. The first-order valence-corrected chi connectivity index (χ1v) is 9.41. The summed E-state index contributed by atoms with van der Waals surface area (Å²) in [6, 6.07) is 0.250. The maximum atomic E-state index is 13.0. The lowest BCUT2D eigenvalue weighted by atomic mass is 9.74. The standard InChI is InChI=1S/C18H30N4O3/c1-4-22(18(25)19-14-10-20(2)11-14)17(24)13-7-12-8-15(23)5-6-16(12)21(3)9-13/h12-14,16H,4-11H2,1-3H3,(H,19,25)/t12-,13-,16-/m1/s1. The fourth-order valence-corrected chi connectivity index (χ4v) is 4.66. The van der Waals surface area contributed by atoms with Crippen LogP contribution in [0.3, 0.4) is 0 Å². The number of hydrogen-bond acceptors (Lipinski definition) is 5. The van der Waals surface area contributed by atoms with Crippen molar-refractivity contribution in [3.63, 3.8) is 0 Å². The van der Waals surface area contributed by atoms with Crippen molar-refractivity contribution in [3.8, 4) is 0 Å². The van der Waals surface area contributed by atoms with E-state index in [1.807, 2.05) is 21.0 Å². The number of ketones is 1. The monoisotopic (exact) mass is 350 g/mol. The van der Waals surface area contributed by atoms with Gasteiger partial charge in [-0.05, 0) is 39.8 Å². The van der Waals surface area contributed by atoms with Gasteiger partial charge in [0.25, 0.3) is 0 Å². The highest BCUT2D eigenvalue weighted by Crippen LogP contribution is 2.36. The Hall–Kier alpha value is -1.47. The Kier molecular flexibility index (Phi) is 5.43. The van der Waals surface area contributed by atoms with Gasteiger partial charge in [-0.15, -0.1) is 0 Å². The normalized spacial score (nSPS) is 31.2. The first-order valence-electron chi connectivity index (χ1n) is 9.41. The average Bonchev–Trinajstić information content (AvgIpc) is 2.53. The summed E-state index contributed by atoms with van der Waals surface area (Å²) in [5.41, 5.74) is 0. The Morgan fingerprint density at radius 2 is 1.96 bits per heavy atom. The summed E-state index contributed by atoms with van der Waals surface area (Å²) in [6.07, 6.45) is 2.85. The predicted octanol–water partition coefficient (Wildman–Crippen LogP) is 0.548. The topological polar surface area (TPSA) is 73.0 Å². The van der Waals surface area contributed by atoms with Gasteiger partial charge in [0.15, 0.2) is 0 Å². The number of likely N-dealkylation sites (N-methyl/N-ethyl adjacent to an activating group) is 1. The summed E-state index contributed by atoms with van der Waals surface area (Å²) >= 11 is 0. The predicted molar refractivity (Wildman–Crippen MR) is 94.1 cm³/mol. The van der Waals surface area contributed by atoms with Crippen molar-refractivity contribution in [3.05, 3.63) is 0 Å². The molecular weight excluding hydrogens is 320 g/mol. The number of piperidine rings is 1. The molecule has 1 saturated carbocycles. The van der Waals surface area contributed by atoms with Gasteiger partial charge < -0.3 is 15.1 Å². The van der Waals surface area contributed by atoms with Gasteiger partial charge in [-0.2, -0.15) is 0 Å². The van der Waals surface area contributed by atoms with Crippen molar-refractivity contribution in [2.45, 2.75) is 44.7 Å². The van der Waals surface area contributed by atoms with Crippen molar-refractivity contribution in [1.29, 1.82) is 0 Å². The number of carbonyl (C=O) groups is 3. The van der Waals surface area contributed by atoms with Crippen molar-refractivity contribution < 1.29 is 14.4 Å². The highest BCUT2D eigenvalue weighted by Gasteiger charge is 2.42. The highest BCUT2D eigenvalue weighted by molar-refractivity contribution is 5.96. The Bertz CT molecular complexity index is 546. The largest absolute Gasteiger partial charge is 0.332 e. The Balaban J connectivity index is 1.61. The molecule has 7 nitrogen and oxygen atoms in total. The van der Waals surface area contributed by atoms with Crippen LogP contribution >= 0.6 is 0 Å². The minimum Gasteiger partial charge on any atom is -0.332 e. The van der Waals surface area contributed by atoms with Crippen LogP contribution < -0.4 is 5.32 Å². The third-order valence-corrected chi connectivity index (χ3v) is 5.98. The van der Waals surface area contributed by atoms with Crippen LogP contribution in [0.15, 0.2) is 0 Å². The van der Waals surface area contributed by atoms with E-state index in [2.05, 4.69) is 15.1 Å². The molecule has 1 aliphatic carbocycles. The third-order valence-electron chi connectivity index (χ3n) is 5.98. The maximum Gasteiger partial charge on any atom is 0.324 e. The van der Waals surface area contributed by atoms with E-state index in [4.69, 9.17) is 0 Å². The van der Waals surface area contributed by atoms with Crippen LogP contribution in [0.5, 0.6) is 0 Å². The molecule has 2 saturated heterocycles. The number of urea groups is 1. The molecule has 0 aromatic carbocycles. The number of Topliss-reactive ketones (excluding diaryl/α,β-unsaturated/α-hetero) is 1. The molecule has 3 aliphatic rings. The zero-order chi connectivity index (χ0) is 18.1. The van der Waals surface area contributed by atoms with Gasteiger partial charge >= 0.3 is 6.03 Å². The van der Waals surface area contributed by atoms with Crippen LogP contribution in [0.25, 0.3) is 0 Å². The van der Waals surface area contributed by atoms with Crippen LogP contribution in [0.2, 0.25) is 0 Å². The fraction of sp³-hybridized carbons (Fsp3) is 0.833. The van der Waals surface area contributed by atoms with Gasteiger partial charge in [-0.3, -0.25) is 14.5 Å². The zero-order valence-electron chi connectivity index (χ0n) is 15.5. The van der Waals surface area contributed by atoms with Crippen molar-refractivity contribution in [1.82, 2.24) is 20.0 Å². The van der Waals surface area contributed by atoms with E-state index >= 15 is 0 Å². The van der Waals surface area contributed by atoms with Gasteiger partial charge in [0, 0.05) is 45.1 Å². The first kappa shape index (κ1) is 18.3. The second-order valence-electron chi connectivity index (χ2n) is 7.93. The summed E-state index contributed by atoms with van der Waals surface area (Å²) in [6.45, 7) is 4.54. The molecule has 0 unspecified atom stereocenters. The van der Waals surface area contributed by atoms with Gasteiger partial charge in [0.05, 0.1) is 12.0 Å². The summed E-state index contributed by atoms with van der Waals surface area (Å²) in [7, 11) is 4.04. The van der Waals surface area contributed by atoms with Crippen LogP contribution in [0, 0.1) is 11.8 Å². The summed E-state index contributed by atoms with van der Waals surface area (Å²) in [5.74, 6) is 0.251.